The van der Waals surface area contributed by atoms with E-state index in [9.17, 15) is 24.3 Å². The summed E-state index contributed by atoms with van der Waals surface area (Å²) in [6.45, 7) is 0. The lowest BCUT2D eigenvalue weighted by Crippen LogP contribution is -2.80. The minimum Gasteiger partial charge on any atom is -0.477 e. The molecule has 1 fully saturated rings. The van der Waals surface area contributed by atoms with E-state index in [-0.39, 0.29) is 17.7 Å². The fourth-order valence-corrected chi connectivity index (χ4v) is 5.10. The van der Waals surface area contributed by atoms with Gasteiger partial charge in [0.15, 0.2) is 0 Å². The Kier molecular flexibility index (Phi) is 5.27. The molecule has 1 aromatic rings. The van der Waals surface area contributed by atoms with E-state index in [2.05, 4.69) is 10.1 Å². The molecule has 3 rings (SSSR count). The second kappa shape index (κ2) is 7.33. The van der Waals surface area contributed by atoms with E-state index < -0.39 is 40.5 Å². The van der Waals surface area contributed by atoms with Crippen LogP contribution in [-0.2, 0) is 35.1 Å². The van der Waals surface area contributed by atoms with Gasteiger partial charge in [0.1, 0.15) is 11.1 Å². The van der Waals surface area contributed by atoms with Crippen LogP contribution in [0.3, 0.4) is 0 Å². The van der Waals surface area contributed by atoms with Crippen molar-refractivity contribution in [3.63, 3.8) is 0 Å². The molecule has 9 nitrogen and oxygen atoms in total. The number of thioether (sulfide) groups is 1. The summed E-state index contributed by atoms with van der Waals surface area (Å²) in [7, 11) is 2.40. The molecule has 11 heteroatoms. The zero-order valence-corrected chi connectivity index (χ0v) is 16.0. The van der Waals surface area contributed by atoms with Gasteiger partial charge in [0.2, 0.25) is 5.91 Å². The van der Waals surface area contributed by atoms with Gasteiger partial charge in [-0.05, 0) is 11.4 Å². The van der Waals surface area contributed by atoms with Crippen molar-refractivity contribution < 1.29 is 33.8 Å². The fourth-order valence-electron chi connectivity index (χ4n) is 2.98. The molecule has 2 N–H and O–H groups in total. The zero-order chi connectivity index (χ0) is 19.8. The van der Waals surface area contributed by atoms with Gasteiger partial charge in [-0.2, -0.15) is 0 Å². The topological polar surface area (TPSA) is 122 Å². The number of nitrogens with one attached hydrogen (secondary N) is 1. The number of carboxylic acids is 1. The number of esters is 1. The maximum absolute atomic E-state index is 12.8. The maximum Gasteiger partial charge on any atom is 0.353 e. The molecule has 2 aliphatic rings. The Bertz CT molecular complexity index is 836. The Labute approximate surface area is 162 Å². The monoisotopic (exact) mass is 412 g/mol. The van der Waals surface area contributed by atoms with Crippen LogP contribution in [0.4, 0.5) is 0 Å². The molecular formula is C16H16N2O7S2. The molecule has 1 aromatic heterocycles. The molecule has 27 heavy (non-hydrogen) atoms. The molecule has 3 heterocycles. The summed E-state index contributed by atoms with van der Waals surface area (Å²) in [5, 5.41) is 13.1. The maximum atomic E-state index is 12.8. The first kappa shape index (κ1) is 19.4. The molecule has 0 saturated carbocycles. The van der Waals surface area contributed by atoms with Gasteiger partial charge in [-0.1, -0.05) is 6.07 Å². The van der Waals surface area contributed by atoms with Crippen molar-refractivity contribution in [3.05, 3.63) is 33.7 Å². The molecule has 2 amide bonds. The summed E-state index contributed by atoms with van der Waals surface area (Å²) in [5.74, 6) is -3.41. The quantitative estimate of drug-likeness (QED) is 0.385. The van der Waals surface area contributed by atoms with Crippen LogP contribution in [-0.4, -0.2) is 64.8 Å². The van der Waals surface area contributed by atoms with E-state index in [0.29, 0.717) is 0 Å². The summed E-state index contributed by atoms with van der Waals surface area (Å²) in [5.41, 5.74) is -2.24. The van der Waals surface area contributed by atoms with Gasteiger partial charge >= 0.3 is 11.9 Å². The second-order valence-corrected chi connectivity index (χ2v) is 7.81. The number of hydrogen-bond acceptors (Lipinski definition) is 8. The highest BCUT2D eigenvalue weighted by Crippen LogP contribution is 2.46. The van der Waals surface area contributed by atoms with Gasteiger partial charge in [-0.3, -0.25) is 14.5 Å². The zero-order valence-electron chi connectivity index (χ0n) is 14.4. The third kappa shape index (κ3) is 3.11. The van der Waals surface area contributed by atoms with Gasteiger partial charge in [0.05, 0.1) is 19.1 Å². The number of rotatable bonds is 6. The highest BCUT2D eigenvalue weighted by Gasteiger charge is 2.67. The smallest absolute Gasteiger partial charge is 0.353 e. The largest absolute Gasteiger partial charge is 0.477 e. The first-order valence-corrected chi connectivity index (χ1v) is 9.67. The molecule has 0 aromatic carbocycles. The third-order valence-corrected chi connectivity index (χ3v) is 6.42. The van der Waals surface area contributed by atoms with Crippen molar-refractivity contribution >= 4 is 46.9 Å². The number of carbonyl (C=O) groups is 4. The average Bonchev–Trinajstić information content (AvgIpc) is 3.16. The van der Waals surface area contributed by atoms with Gasteiger partial charge in [0.25, 0.3) is 11.6 Å². The summed E-state index contributed by atoms with van der Waals surface area (Å²) in [6, 6.07) is 3.60. The molecule has 0 bridgehead atoms. The summed E-state index contributed by atoms with van der Waals surface area (Å²) in [4.78, 5) is 50.4. The van der Waals surface area contributed by atoms with E-state index in [1.165, 1.54) is 18.4 Å². The van der Waals surface area contributed by atoms with Crippen LogP contribution in [0, 0.1) is 0 Å². The SMILES string of the molecule is COC(=O)C1=C(C(=O)O)N2C(=O)C(NC(=O)Cc3cccs3)(OC)[C@H]2SC1. The number of thiophene rings is 1. The number of carboxylic acid groups (broad SMARTS) is 1. The molecule has 2 aliphatic heterocycles. The van der Waals surface area contributed by atoms with Crippen LogP contribution in [0.15, 0.2) is 28.8 Å². The van der Waals surface area contributed by atoms with Gasteiger partial charge in [-0.25, -0.2) is 9.59 Å². The van der Waals surface area contributed by atoms with Crippen LogP contribution in [0.25, 0.3) is 0 Å². The molecule has 1 unspecified atom stereocenters. The van der Waals surface area contributed by atoms with Gasteiger partial charge < -0.3 is 19.9 Å². The molecule has 1 saturated heterocycles. The molecule has 0 spiro atoms. The van der Waals surface area contributed by atoms with Crippen LogP contribution in [0.1, 0.15) is 4.88 Å². The normalized spacial score (nSPS) is 24.1. The Morgan fingerprint density at radius 3 is 2.70 bits per heavy atom. The molecular weight excluding hydrogens is 396 g/mol. The van der Waals surface area contributed by atoms with Crippen LogP contribution >= 0.6 is 23.1 Å². The fraction of sp³-hybridized carbons (Fsp3) is 0.375. The number of carbonyl (C=O) groups excluding carboxylic acids is 3. The van der Waals surface area contributed by atoms with Gasteiger partial charge in [0, 0.05) is 17.7 Å². The first-order chi connectivity index (χ1) is 12.9. The predicted octanol–water partition coefficient (Wildman–Crippen LogP) is 0.176. The van der Waals surface area contributed by atoms with Crippen LogP contribution in [0.2, 0.25) is 0 Å². The molecule has 144 valence electrons. The van der Waals surface area contributed by atoms with E-state index in [4.69, 9.17) is 4.74 Å². The van der Waals surface area contributed by atoms with Crippen molar-refractivity contribution in [3.8, 4) is 0 Å². The Morgan fingerprint density at radius 1 is 1.41 bits per heavy atom. The number of β-lactam (4-membered cyclic amide) rings is 1. The Hall–Kier alpha value is -2.37. The molecule has 0 radical (unpaired) electrons. The van der Waals surface area contributed by atoms with E-state index in [1.54, 1.807) is 6.07 Å². The van der Waals surface area contributed by atoms with Crippen molar-refractivity contribution in [2.24, 2.45) is 0 Å². The Balaban J connectivity index is 1.86. The number of methoxy groups -OCH3 is 2. The molecule has 0 aliphatic carbocycles. The highest BCUT2D eigenvalue weighted by molar-refractivity contribution is 8.00. The van der Waals surface area contributed by atoms with Crippen LogP contribution < -0.4 is 5.32 Å². The number of aliphatic carboxylic acids is 1. The summed E-state index contributed by atoms with van der Waals surface area (Å²) >= 11 is 2.52. The highest BCUT2D eigenvalue weighted by atomic mass is 32.2. The average molecular weight is 412 g/mol. The lowest BCUT2D eigenvalue weighted by Gasteiger charge is -2.55. The summed E-state index contributed by atoms with van der Waals surface area (Å²) < 4.78 is 9.93. The lowest BCUT2D eigenvalue weighted by molar-refractivity contribution is -0.192. The van der Waals surface area contributed by atoms with Crippen molar-refractivity contribution in [2.45, 2.75) is 17.5 Å². The van der Waals surface area contributed by atoms with E-state index in [1.807, 2.05) is 11.4 Å². The first-order valence-electron chi connectivity index (χ1n) is 7.74. The van der Waals surface area contributed by atoms with Crippen molar-refractivity contribution in [1.29, 1.82) is 0 Å². The number of fused-ring (bicyclic) bond motifs is 1. The molecule has 2 atom stereocenters. The Morgan fingerprint density at radius 2 is 2.15 bits per heavy atom. The third-order valence-electron chi connectivity index (χ3n) is 4.23. The minimum atomic E-state index is -1.68. The van der Waals surface area contributed by atoms with E-state index in [0.717, 1.165) is 28.6 Å². The number of ether oxygens (including phenoxy) is 2. The standard InChI is InChI=1S/C16H16N2O7S2/c1-24-13(22)9-7-27-15-16(25-2,14(23)18(15)11(9)12(20)21)17-10(19)6-8-4-3-5-26-8/h3-5,15H,6-7H2,1-2H3,(H,17,19)(H,20,21)/t15-,16?/m1/s1. The second-order valence-electron chi connectivity index (χ2n) is 5.71. The predicted molar refractivity (Wildman–Crippen MR) is 95.7 cm³/mol. The van der Waals surface area contributed by atoms with Crippen LogP contribution in [0.5, 0.6) is 0 Å². The van der Waals surface area contributed by atoms with Crippen molar-refractivity contribution in [1.82, 2.24) is 10.2 Å². The van der Waals surface area contributed by atoms with Crippen molar-refractivity contribution in [2.75, 3.05) is 20.0 Å². The minimum absolute atomic E-state index is 0.00859. The lowest BCUT2D eigenvalue weighted by atomic mass is 9.98. The number of amides is 2. The number of hydrogen-bond donors (Lipinski definition) is 2. The summed E-state index contributed by atoms with van der Waals surface area (Å²) in [6.07, 6.45) is 0.0719. The van der Waals surface area contributed by atoms with Gasteiger partial charge in [-0.15, -0.1) is 23.1 Å². The number of nitrogens with zero attached hydrogens (tertiary/aromatic N) is 1. The van der Waals surface area contributed by atoms with E-state index >= 15 is 0 Å².